The molecule has 1 N–H and O–H groups in total. The molecule has 3 rings (SSSR count). The Morgan fingerprint density at radius 3 is 2.84 bits per heavy atom. The zero-order chi connectivity index (χ0) is 18.2. The third kappa shape index (κ3) is 3.22. The molecule has 2 bridgehead atoms. The number of amides is 1. The van der Waals surface area contributed by atoms with Gasteiger partial charge in [-0.05, 0) is 44.7 Å². The van der Waals surface area contributed by atoms with Gasteiger partial charge in [0, 0.05) is 17.4 Å². The van der Waals surface area contributed by atoms with Crippen LogP contribution in [0.3, 0.4) is 0 Å². The smallest absolute Gasteiger partial charge is 0.407 e. The van der Waals surface area contributed by atoms with Crippen LogP contribution in [0.25, 0.3) is 0 Å². The number of rotatable bonds is 4. The number of hydrogen-bond donors (Lipinski definition) is 1. The summed E-state index contributed by atoms with van der Waals surface area (Å²) in [7, 11) is 0. The van der Waals surface area contributed by atoms with Gasteiger partial charge in [-0.2, -0.15) is 0 Å². The standard InChI is InChI=1S/C20H29NO4/c1-12(2)21-19(22)25-11-20-10-24-18(16-7-6-8-23-16)17(15(20)5)13(3)9-14(20)4/h6-9,12,14-15,17-18H,10-11H2,1-5H3,(H,21,22)/t14-,15+,17-,18+,20+/m0/s1. The summed E-state index contributed by atoms with van der Waals surface area (Å²) in [5.74, 6) is 1.70. The average Bonchev–Trinajstić information content (AvgIpc) is 3.05. The molecule has 1 aromatic rings. The zero-order valence-corrected chi connectivity index (χ0v) is 15.7. The second-order valence-electron chi connectivity index (χ2n) is 7.87. The second kappa shape index (κ2) is 6.87. The van der Waals surface area contributed by atoms with Gasteiger partial charge in [-0.1, -0.05) is 25.5 Å². The number of fused-ring (bicyclic) bond motifs is 2. The molecule has 5 heteroatoms. The molecule has 2 heterocycles. The Morgan fingerprint density at radius 1 is 1.44 bits per heavy atom. The molecule has 1 aliphatic heterocycles. The first-order valence-corrected chi connectivity index (χ1v) is 9.12. The molecule has 2 aliphatic rings. The van der Waals surface area contributed by atoms with Crippen LogP contribution in [-0.4, -0.2) is 25.3 Å². The van der Waals surface area contributed by atoms with Crippen LogP contribution >= 0.6 is 0 Å². The number of alkyl carbamates (subject to hydrolysis) is 1. The van der Waals surface area contributed by atoms with E-state index in [1.165, 1.54) is 5.57 Å². The number of hydrogen-bond acceptors (Lipinski definition) is 4. The van der Waals surface area contributed by atoms with Crippen LogP contribution < -0.4 is 5.32 Å². The van der Waals surface area contributed by atoms with E-state index in [4.69, 9.17) is 13.9 Å². The highest BCUT2D eigenvalue weighted by atomic mass is 16.6. The second-order valence-corrected chi connectivity index (χ2v) is 7.87. The molecule has 138 valence electrons. The lowest BCUT2D eigenvalue weighted by atomic mass is 9.56. The average molecular weight is 347 g/mol. The summed E-state index contributed by atoms with van der Waals surface area (Å²) in [6.45, 7) is 11.4. The number of nitrogens with one attached hydrogen (secondary N) is 1. The normalized spacial score (nSPS) is 34.6. The van der Waals surface area contributed by atoms with E-state index in [0.717, 1.165) is 5.76 Å². The van der Waals surface area contributed by atoms with Crippen LogP contribution in [-0.2, 0) is 9.47 Å². The first-order chi connectivity index (χ1) is 11.8. The maximum atomic E-state index is 12.0. The van der Waals surface area contributed by atoms with Crippen molar-refractivity contribution in [2.24, 2.45) is 23.2 Å². The van der Waals surface area contributed by atoms with Crippen molar-refractivity contribution in [3.8, 4) is 0 Å². The highest BCUT2D eigenvalue weighted by Gasteiger charge is 2.55. The fourth-order valence-electron chi connectivity index (χ4n) is 4.44. The highest BCUT2D eigenvalue weighted by Crippen LogP contribution is 2.56. The summed E-state index contributed by atoms with van der Waals surface area (Å²) in [4.78, 5) is 12.0. The number of ether oxygens (including phenoxy) is 2. The van der Waals surface area contributed by atoms with Gasteiger partial charge in [0.2, 0.25) is 0 Å². The molecule has 0 saturated carbocycles. The third-order valence-corrected chi connectivity index (χ3v) is 5.95. The first-order valence-electron chi connectivity index (χ1n) is 9.12. The Bertz CT molecular complexity index is 636. The van der Waals surface area contributed by atoms with Gasteiger partial charge >= 0.3 is 6.09 Å². The SMILES string of the molecule is CC1=C[C@H](C)[C@]2(COC(=O)NC(C)C)CO[C@H](c3ccco3)[C@@H]1[C@H]2C. The van der Waals surface area contributed by atoms with Crippen molar-refractivity contribution in [2.75, 3.05) is 13.2 Å². The lowest BCUT2D eigenvalue weighted by Crippen LogP contribution is -2.54. The van der Waals surface area contributed by atoms with Gasteiger partial charge in [0.15, 0.2) is 0 Å². The van der Waals surface area contributed by atoms with Gasteiger partial charge in [0.1, 0.15) is 18.5 Å². The van der Waals surface area contributed by atoms with Crippen LogP contribution in [0.5, 0.6) is 0 Å². The minimum atomic E-state index is -0.361. The van der Waals surface area contributed by atoms with E-state index < -0.39 is 0 Å². The molecule has 5 atom stereocenters. The lowest BCUT2D eigenvalue weighted by molar-refractivity contribution is -0.170. The molecule has 0 aromatic carbocycles. The Hall–Kier alpha value is -1.75. The molecule has 1 fully saturated rings. The van der Waals surface area contributed by atoms with Crippen molar-refractivity contribution in [1.82, 2.24) is 5.32 Å². The maximum absolute atomic E-state index is 12.0. The van der Waals surface area contributed by atoms with Crippen LogP contribution in [0.2, 0.25) is 0 Å². The van der Waals surface area contributed by atoms with Crippen molar-refractivity contribution < 1.29 is 18.7 Å². The van der Waals surface area contributed by atoms with E-state index in [2.05, 4.69) is 32.2 Å². The van der Waals surface area contributed by atoms with E-state index in [-0.39, 0.29) is 35.5 Å². The summed E-state index contributed by atoms with van der Waals surface area (Å²) in [6.07, 6.45) is 3.56. The van der Waals surface area contributed by atoms with Crippen molar-refractivity contribution in [3.05, 3.63) is 35.8 Å². The molecule has 0 spiro atoms. The number of allylic oxidation sites excluding steroid dienone is 1. The minimum Gasteiger partial charge on any atom is -0.467 e. The van der Waals surface area contributed by atoms with Gasteiger partial charge in [0.05, 0.1) is 12.9 Å². The van der Waals surface area contributed by atoms with Gasteiger partial charge in [-0.3, -0.25) is 0 Å². The Labute approximate surface area is 149 Å². The van der Waals surface area contributed by atoms with Crippen LogP contribution in [0.15, 0.2) is 34.5 Å². The molecule has 0 radical (unpaired) electrons. The monoisotopic (exact) mass is 347 g/mol. The van der Waals surface area contributed by atoms with Gasteiger partial charge in [-0.25, -0.2) is 4.79 Å². The molecular weight excluding hydrogens is 318 g/mol. The van der Waals surface area contributed by atoms with Crippen molar-refractivity contribution >= 4 is 6.09 Å². The summed E-state index contributed by atoms with van der Waals surface area (Å²) >= 11 is 0. The van der Waals surface area contributed by atoms with E-state index in [0.29, 0.717) is 19.1 Å². The fraction of sp³-hybridized carbons (Fsp3) is 0.650. The predicted molar refractivity (Wildman–Crippen MR) is 95.0 cm³/mol. The fourth-order valence-corrected chi connectivity index (χ4v) is 4.44. The molecule has 25 heavy (non-hydrogen) atoms. The Morgan fingerprint density at radius 2 is 2.20 bits per heavy atom. The number of carbonyl (C=O) groups is 1. The van der Waals surface area contributed by atoms with Crippen LogP contribution in [0.4, 0.5) is 4.79 Å². The van der Waals surface area contributed by atoms with Crippen molar-refractivity contribution in [3.63, 3.8) is 0 Å². The predicted octanol–water partition coefficient (Wildman–Crippen LogP) is 4.32. The molecule has 1 saturated heterocycles. The largest absolute Gasteiger partial charge is 0.467 e. The van der Waals surface area contributed by atoms with Crippen molar-refractivity contribution in [1.29, 1.82) is 0 Å². The Kier molecular flexibility index (Phi) is 4.96. The minimum absolute atomic E-state index is 0.0621. The van der Waals surface area contributed by atoms with Crippen LogP contribution in [0.1, 0.15) is 46.5 Å². The van der Waals surface area contributed by atoms with Crippen molar-refractivity contribution in [2.45, 2.75) is 46.8 Å². The molecule has 1 amide bonds. The maximum Gasteiger partial charge on any atom is 0.407 e. The highest BCUT2D eigenvalue weighted by molar-refractivity contribution is 5.67. The third-order valence-electron chi connectivity index (χ3n) is 5.95. The summed E-state index contributed by atoms with van der Waals surface area (Å²) in [5.41, 5.74) is 1.12. The van der Waals surface area contributed by atoms with Gasteiger partial charge < -0.3 is 19.2 Å². The summed E-state index contributed by atoms with van der Waals surface area (Å²) in [6, 6.07) is 3.93. The van der Waals surface area contributed by atoms with E-state index in [9.17, 15) is 4.79 Å². The van der Waals surface area contributed by atoms with E-state index in [1.54, 1.807) is 6.26 Å². The molecular formula is C20H29NO4. The zero-order valence-electron chi connectivity index (χ0n) is 15.7. The van der Waals surface area contributed by atoms with Crippen LogP contribution in [0, 0.1) is 23.2 Å². The van der Waals surface area contributed by atoms with Gasteiger partial charge in [-0.15, -0.1) is 0 Å². The lowest BCUT2D eigenvalue weighted by Gasteiger charge is -2.54. The van der Waals surface area contributed by atoms with E-state index in [1.807, 2.05) is 26.0 Å². The molecule has 5 nitrogen and oxygen atoms in total. The van der Waals surface area contributed by atoms with E-state index >= 15 is 0 Å². The number of furan rings is 1. The molecule has 0 unspecified atom stereocenters. The summed E-state index contributed by atoms with van der Waals surface area (Å²) in [5, 5.41) is 2.79. The first kappa shape index (κ1) is 18.1. The number of carbonyl (C=O) groups excluding carboxylic acids is 1. The topological polar surface area (TPSA) is 60.7 Å². The quantitative estimate of drug-likeness (QED) is 0.824. The molecule has 1 aromatic heterocycles. The summed E-state index contributed by atoms with van der Waals surface area (Å²) < 4.78 is 17.5. The van der Waals surface area contributed by atoms with Gasteiger partial charge in [0.25, 0.3) is 0 Å². The molecule has 1 aliphatic carbocycles. The Balaban J connectivity index is 1.82.